The third-order valence-electron chi connectivity index (χ3n) is 2.87. The van der Waals surface area contributed by atoms with Gasteiger partial charge in [-0.3, -0.25) is 9.59 Å². The molecule has 0 spiro atoms. The normalized spacial score (nSPS) is 13.1. The van der Waals surface area contributed by atoms with Crippen LogP contribution in [0.2, 0.25) is 0 Å². The Hall–Kier alpha value is -1.14. The van der Waals surface area contributed by atoms with E-state index in [1.54, 1.807) is 19.2 Å². The van der Waals surface area contributed by atoms with Crippen LogP contribution in [0, 0.1) is 5.41 Å². The molecule has 0 fully saturated rings. The lowest BCUT2D eigenvalue weighted by Gasteiger charge is -2.26. The number of rotatable bonds is 6. The van der Waals surface area contributed by atoms with Crippen molar-refractivity contribution in [1.29, 1.82) is 0 Å². The van der Waals surface area contributed by atoms with Gasteiger partial charge in [0.05, 0.1) is 6.10 Å². The third-order valence-corrected chi connectivity index (χ3v) is 3.34. The highest BCUT2D eigenvalue weighted by atomic mass is 79.9. The van der Waals surface area contributed by atoms with Crippen molar-refractivity contribution in [3.8, 4) is 0 Å². The van der Waals surface area contributed by atoms with Crippen LogP contribution in [-0.2, 0) is 11.3 Å². The maximum absolute atomic E-state index is 11.9. The third kappa shape index (κ3) is 5.88. The van der Waals surface area contributed by atoms with E-state index in [1.165, 1.54) is 10.6 Å². The fourth-order valence-corrected chi connectivity index (χ4v) is 2.43. The van der Waals surface area contributed by atoms with Crippen LogP contribution in [0.15, 0.2) is 27.6 Å². The molecule has 1 unspecified atom stereocenters. The van der Waals surface area contributed by atoms with Crippen LogP contribution in [0.25, 0.3) is 0 Å². The standard InChI is InChI=1S/C14H21BrN2O3/c1-10(18)6-14(2,3)9-16-12(19)8-17-7-11(15)4-5-13(17)20/h4-5,7,10,18H,6,8-9H2,1-3H3,(H,16,19). The zero-order valence-electron chi connectivity index (χ0n) is 12.0. The topological polar surface area (TPSA) is 71.3 Å². The van der Waals surface area contributed by atoms with E-state index in [-0.39, 0.29) is 23.4 Å². The van der Waals surface area contributed by atoms with E-state index in [4.69, 9.17) is 0 Å². The van der Waals surface area contributed by atoms with Crippen molar-refractivity contribution in [3.05, 3.63) is 33.2 Å². The van der Waals surface area contributed by atoms with E-state index < -0.39 is 6.10 Å². The van der Waals surface area contributed by atoms with Crippen LogP contribution < -0.4 is 10.9 Å². The summed E-state index contributed by atoms with van der Waals surface area (Å²) < 4.78 is 2.10. The Balaban J connectivity index is 2.56. The van der Waals surface area contributed by atoms with Gasteiger partial charge in [0.1, 0.15) is 6.54 Å². The fourth-order valence-electron chi connectivity index (χ4n) is 2.05. The molecule has 0 aliphatic rings. The zero-order valence-corrected chi connectivity index (χ0v) is 13.6. The summed E-state index contributed by atoms with van der Waals surface area (Å²) in [4.78, 5) is 23.4. The molecule has 1 atom stereocenters. The minimum Gasteiger partial charge on any atom is -0.393 e. The summed E-state index contributed by atoms with van der Waals surface area (Å²) in [5.41, 5.74) is -0.405. The minimum atomic E-state index is -0.408. The van der Waals surface area contributed by atoms with Gasteiger partial charge in [0, 0.05) is 23.3 Å². The van der Waals surface area contributed by atoms with E-state index in [0.717, 1.165) is 4.47 Å². The summed E-state index contributed by atoms with van der Waals surface area (Å²) in [6.45, 7) is 6.13. The van der Waals surface area contributed by atoms with Crippen molar-refractivity contribution in [2.45, 2.75) is 39.8 Å². The Morgan fingerprint density at radius 2 is 2.15 bits per heavy atom. The van der Waals surface area contributed by atoms with Crippen LogP contribution in [0.5, 0.6) is 0 Å². The number of amides is 1. The molecule has 5 nitrogen and oxygen atoms in total. The number of hydrogen-bond acceptors (Lipinski definition) is 3. The maximum atomic E-state index is 11.9. The highest BCUT2D eigenvalue weighted by Crippen LogP contribution is 2.20. The second kappa shape index (κ2) is 7.04. The largest absolute Gasteiger partial charge is 0.393 e. The lowest BCUT2D eigenvalue weighted by molar-refractivity contribution is -0.122. The Morgan fingerprint density at radius 1 is 1.50 bits per heavy atom. The van der Waals surface area contributed by atoms with Gasteiger partial charge >= 0.3 is 0 Å². The molecule has 0 radical (unpaired) electrons. The summed E-state index contributed by atoms with van der Waals surface area (Å²) in [5, 5.41) is 12.2. The number of halogens is 1. The molecule has 0 saturated heterocycles. The first-order valence-electron chi connectivity index (χ1n) is 6.50. The van der Waals surface area contributed by atoms with E-state index in [0.29, 0.717) is 13.0 Å². The molecule has 1 heterocycles. The Morgan fingerprint density at radius 3 is 2.75 bits per heavy atom. The van der Waals surface area contributed by atoms with Gasteiger partial charge in [-0.1, -0.05) is 13.8 Å². The molecular formula is C14H21BrN2O3. The van der Waals surface area contributed by atoms with Crippen LogP contribution in [0.4, 0.5) is 0 Å². The van der Waals surface area contributed by atoms with Gasteiger partial charge in [-0.05, 0) is 40.8 Å². The minimum absolute atomic E-state index is 0.0109. The first-order valence-corrected chi connectivity index (χ1v) is 7.30. The molecule has 0 bridgehead atoms. The number of nitrogens with one attached hydrogen (secondary N) is 1. The van der Waals surface area contributed by atoms with E-state index in [9.17, 15) is 14.7 Å². The molecular weight excluding hydrogens is 324 g/mol. The van der Waals surface area contributed by atoms with Gasteiger partial charge in [0.2, 0.25) is 5.91 Å². The molecule has 1 amide bonds. The number of carbonyl (C=O) groups is 1. The Bertz CT molecular complexity index is 523. The van der Waals surface area contributed by atoms with E-state index in [1.807, 2.05) is 13.8 Å². The summed E-state index contributed by atoms with van der Waals surface area (Å²) in [7, 11) is 0. The van der Waals surface area contributed by atoms with Gasteiger partial charge < -0.3 is 15.0 Å². The quantitative estimate of drug-likeness (QED) is 0.821. The molecule has 1 aromatic heterocycles. The summed E-state index contributed by atoms with van der Waals surface area (Å²) in [5.74, 6) is -0.219. The van der Waals surface area contributed by atoms with Crippen molar-refractivity contribution in [2.24, 2.45) is 5.41 Å². The number of carbonyl (C=O) groups excluding carboxylic acids is 1. The average molecular weight is 345 g/mol. The van der Waals surface area contributed by atoms with Gasteiger partial charge in [0.15, 0.2) is 0 Å². The van der Waals surface area contributed by atoms with Gasteiger partial charge in [0.25, 0.3) is 5.56 Å². The van der Waals surface area contributed by atoms with Gasteiger partial charge in [-0.25, -0.2) is 0 Å². The Kier molecular flexibility index (Phi) is 5.95. The van der Waals surface area contributed by atoms with Crippen molar-refractivity contribution in [3.63, 3.8) is 0 Å². The molecule has 1 aromatic rings. The Labute approximate surface area is 127 Å². The highest BCUT2D eigenvalue weighted by molar-refractivity contribution is 9.10. The highest BCUT2D eigenvalue weighted by Gasteiger charge is 2.21. The predicted molar refractivity (Wildman–Crippen MR) is 81.5 cm³/mol. The van der Waals surface area contributed by atoms with Crippen molar-refractivity contribution in [2.75, 3.05) is 6.54 Å². The SMILES string of the molecule is CC(O)CC(C)(C)CNC(=O)Cn1cc(Br)ccc1=O. The summed E-state index contributed by atoms with van der Waals surface area (Å²) >= 11 is 3.26. The number of hydrogen-bond donors (Lipinski definition) is 2. The number of aromatic nitrogens is 1. The summed E-state index contributed by atoms with van der Waals surface area (Å²) in [6, 6.07) is 3.05. The molecule has 6 heteroatoms. The molecule has 0 aliphatic heterocycles. The predicted octanol–water partition coefficient (Wildman–Crippen LogP) is 1.52. The maximum Gasteiger partial charge on any atom is 0.251 e. The molecule has 20 heavy (non-hydrogen) atoms. The van der Waals surface area contributed by atoms with Crippen LogP contribution in [0.3, 0.4) is 0 Å². The van der Waals surface area contributed by atoms with Gasteiger partial charge in [-0.2, -0.15) is 0 Å². The monoisotopic (exact) mass is 344 g/mol. The smallest absolute Gasteiger partial charge is 0.251 e. The van der Waals surface area contributed by atoms with Crippen LogP contribution in [-0.4, -0.2) is 28.2 Å². The van der Waals surface area contributed by atoms with E-state index >= 15 is 0 Å². The first kappa shape index (κ1) is 16.9. The lowest BCUT2D eigenvalue weighted by atomic mass is 9.87. The van der Waals surface area contributed by atoms with Crippen molar-refractivity contribution < 1.29 is 9.90 Å². The number of pyridine rings is 1. The van der Waals surface area contributed by atoms with E-state index in [2.05, 4.69) is 21.2 Å². The number of aliphatic hydroxyl groups excluding tert-OH is 1. The van der Waals surface area contributed by atoms with Crippen molar-refractivity contribution >= 4 is 21.8 Å². The van der Waals surface area contributed by atoms with Gasteiger partial charge in [-0.15, -0.1) is 0 Å². The fraction of sp³-hybridized carbons (Fsp3) is 0.571. The van der Waals surface area contributed by atoms with Crippen LogP contribution in [0.1, 0.15) is 27.2 Å². The summed E-state index contributed by atoms with van der Waals surface area (Å²) in [6.07, 6.45) is 1.78. The first-order chi connectivity index (χ1) is 9.19. The molecule has 2 N–H and O–H groups in total. The number of nitrogens with zero attached hydrogens (tertiary/aromatic N) is 1. The molecule has 112 valence electrons. The second-order valence-corrected chi connectivity index (χ2v) is 6.72. The lowest BCUT2D eigenvalue weighted by Crippen LogP contribution is -2.38. The molecule has 0 aromatic carbocycles. The molecule has 1 rings (SSSR count). The van der Waals surface area contributed by atoms with Crippen molar-refractivity contribution in [1.82, 2.24) is 9.88 Å². The molecule has 0 aliphatic carbocycles. The zero-order chi connectivity index (χ0) is 15.3. The average Bonchev–Trinajstić information content (AvgIpc) is 2.30. The molecule has 0 saturated carbocycles. The second-order valence-electron chi connectivity index (χ2n) is 5.81. The van der Waals surface area contributed by atoms with Crippen LogP contribution >= 0.6 is 15.9 Å². The number of aliphatic hydroxyl groups is 1.